The molecule has 0 bridgehead atoms. The van der Waals surface area contributed by atoms with Crippen LogP contribution in [0.15, 0.2) is 53.5 Å². The van der Waals surface area contributed by atoms with Gasteiger partial charge in [0.25, 0.3) is 11.5 Å². The third kappa shape index (κ3) is 4.95. The van der Waals surface area contributed by atoms with E-state index in [-0.39, 0.29) is 11.5 Å². The van der Waals surface area contributed by atoms with Crippen molar-refractivity contribution in [3.63, 3.8) is 0 Å². The molecule has 0 unspecified atom stereocenters. The van der Waals surface area contributed by atoms with Gasteiger partial charge in [-0.15, -0.1) is 0 Å². The lowest BCUT2D eigenvalue weighted by Gasteiger charge is -2.19. The number of rotatable bonds is 6. The fourth-order valence-corrected chi connectivity index (χ4v) is 2.91. The predicted octanol–water partition coefficient (Wildman–Crippen LogP) is 2.85. The molecule has 0 radical (unpaired) electrons. The number of ether oxygens (including phenoxy) is 1. The zero-order chi connectivity index (χ0) is 20.1. The Kier molecular flexibility index (Phi) is 6.06. The highest BCUT2D eigenvalue weighted by Gasteiger charge is 2.18. The minimum absolute atomic E-state index is 0.233. The first kappa shape index (κ1) is 19.6. The number of methoxy groups -OCH3 is 1. The van der Waals surface area contributed by atoms with Gasteiger partial charge in [-0.3, -0.25) is 9.59 Å². The van der Waals surface area contributed by atoms with Crippen molar-refractivity contribution in [1.82, 2.24) is 20.3 Å². The molecule has 28 heavy (non-hydrogen) atoms. The second kappa shape index (κ2) is 8.67. The molecule has 0 spiro atoms. The minimum atomic E-state index is -0.402. The van der Waals surface area contributed by atoms with Gasteiger partial charge in [0.2, 0.25) is 5.88 Å². The van der Waals surface area contributed by atoms with Crippen molar-refractivity contribution >= 4 is 17.5 Å². The van der Waals surface area contributed by atoms with E-state index >= 15 is 0 Å². The van der Waals surface area contributed by atoms with Crippen molar-refractivity contribution < 1.29 is 9.53 Å². The van der Waals surface area contributed by atoms with Gasteiger partial charge in [-0.05, 0) is 30.7 Å². The van der Waals surface area contributed by atoms with Gasteiger partial charge in [-0.25, -0.2) is 9.97 Å². The van der Waals surface area contributed by atoms with Gasteiger partial charge in [0.15, 0.2) is 0 Å². The van der Waals surface area contributed by atoms with Crippen LogP contribution in [-0.4, -0.2) is 28.0 Å². The molecular weight excluding hydrogens is 380 g/mol. The van der Waals surface area contributed by atoms with Gasteiger partial charge in [0.05, 0.1) is 24.4 Å². The molecule has 3 aromatic rings. The number of hydrogen-bond acceptors (Lipinski definition) is 5. The average Bonchev–Trinajstić information content (AvgIpc) is 2.67. The molecule has 0 saturated carbocycles. The highest BCUT2D eigenvalue weighted by Crippen LogP contribution is 2.20. The summed E-state index contributed by atoms with van der Waals surface area (Å²) in [4.78, 5) is 35.5. The first-order valence-electron chi connectivity index (χ1n) is 8.58. The summed E-state index contributed by atoms with van der Waals surface area (Å²) in [6.45, 7) is 1.71. The fourth-order valence-electron chi connectivity index (χ4n) is 2.78. The summed E-state index contributed by atoms with van der Waals surface area (Å²) in [5.74, 6) is 0.647. The van der Waals surface area contributed by atoms with E-state index in [0.29, 0.717) is 34.4 Å². The summed E-state index contributed by atoms with van der Waals surface area (Å²) in [6, 6.07) is 11.4. The molecule has 0 saturated heterocycles. The van der Waals surface area contributed by atoms with Crippen LogP contribution in [-0.2, 0) is 6.42 Å². The van der Waals surface area contributed by atoms with Gasteiger partial charge < -0.3 is 15.0 Å². The molecule has 0 aliphatic rings. The van der Waals surface area contributed by atoms with E-state index in [0.717, 1.165) is 5.56 Å². The van der Waals surface area contributed by atoms with Crippen LogP contribution in [0.25, 0.3) is 0 Å². The largest absolute Gasteiger partial charge is 0.481 e. The second-order valence-corrected chi connectivity index (χ2v) is 6.63. The van der Waals surface area contributed by atoms with E-state index in [1.165, 1.54) is 19.4 Å². The van der Waals surface area contributed by atoms with E-state index in [2.05, 4.69) is 20.3 Å². The van der Waals surface area contributed by atoms with Gasteiger partial charge in [-0.2, -0.15) is 0 Å². The molecule has 3 rings (SSSR count). The molecule has 0 fully saturated rings. The Labute approximate surface area is 166 Å². The number of hydrogen-bond donors (Lipinski definition) is 2. The zero-order valence-corrected chi connectivity index (χ0v) is 16.2. The van der Waals surface area contributed by atoms with E-state index in [9.17, 15) is 9.59 Å². The number of pyridine rings is 1. The van der Waals surface area contributed by atoms with Crippen molar-refractivity contribution in [3.05, 3.63) is 86.7 Å². The van der Waals surface area contributed by atoms with Crippen molar-refractivity contribution in [1.29, 1.82) is 0 Å². The van der Waals surface area contributed by atoms with Crippen LogP contribution in [0.5, 0.6) is 5.88 Å². The molecule has 1 amide bonds. The molecule has 8 heteroatoms. The maximum absolute atomic E-state index is 12.7. The van der Waals surface area contributed by atoms with Crippen LogP contribution in [0.2, 0.25) is 5.02 Å². The number of carbonyl (C=O) groups excluding carboxylic acids is 1. The normalized spacial score (nSPS) is 11.7. The number of aromatic amines is 1. The molecule has 0 aliphatic heterocycles. The van der Waals surface area contributed by atoms with Crippen LogP contribution < -0.4 is 15.6 Å². The lowest BCUT2D eigenvalue weighted by molar-refractivity contribution is 0.0936. The van der Waals surface area contributed by atoms with Gasteiger partial charge in [-0.1, -0.05) is 23.7 Å². The Morgan fingerprint density at radius 1 is 1.25 bits per heavy atom. The Morgan fingerprint density at radius 2 is 2.00 bits per heavy atom. The Morgan fingerprint density at radius 3 is 2.61 bits per heavy atom. The van der Waals surface area contributed by atoms with Gasteiger partial charge in [0, 0.05) is 29.8 Å². The monoisotopic (exact) mass is 398 g/mol. The van der Waals surface area contributed by atoms with E-state index in [1.807, 2.05) is 12.1 Å². The maximum atomic E-state index is 12.7. The maximum Gasteiger partial charge on any atom is 0.253 e. The summed E-state index contributed by atoms with van der Waals surface area (Å²) in [5, 5.41) is 3.57. The standard InChI is InChI=1S/C20H19ClN4O3/c1-12-23-16(10-18(26)24-12)9-17(13-3-6-15(21)7-4-13)25-20(27)14-5-8-19(28-2)22-11-14/h3-8,10-11,17H,9H2,1-2H3,(H,25,27)(H,23,24,26)/t17-/m0/s1. The second-order valence-electron chi connectivity index (χ2n) is 6.19. The van der Waals surface area contributed by atoms with Crippen LogP contribution in [0.3, 0.4) is 0 Å². The third-order valence-corrected chi connectivity index (χ3v) is 4.36. The third-order valence-electron chi connectivity index (χ3n) is 4.11. The molecule has 2 N–H and O–H groups in total. The molecule has 2 aromatic heterocycles. The molecule has 1 aromatic carbocycles. The zero-order valence-electron chi connectivity index (χ0n) is 15.4. The quantitative estimate of drug-likeness (QED) is 0.665. The number of benzene rings is 1. The van der Waals surface area contributed by atoms with E-state index in [1.54, 1.807) is 31.2 Å². The van der Waals surface area contributed by atoms with E-state index < -0.39 is 6.04 Å². The highest BCUT2D eigenvalue weighted by molar-refractivity contribution is 6.30. The Hall–Kier alpha value is -3.19. The Bertz CT molecular complexity index is 1020. The first-order valence-corrected chi connectivity index (χ1v) is 8.95. The molecule has 1 atom stereocenters. The minimum Gasteiger partial charge on any atom is -0.481 e. The summed E-state index contributed by atoms with van der Waals surface area (Å²) < 4.78 is 5.02. The number of aryl methyl sites for hydroxylation is 1. The van der Waals surface area contributed by atoms with Crippen LogP contribution in [0.4, 0.5) is 0 Å². The lowest BCUT2D eigenvalue weighted by Crippen LogP contribution is -2.30. The van der Waals surface area contributed by atoms with Crippen LogP contribution in [0, 0.1) is 6.92 Å². The van der Waals surface area contributed by atoms with Crippen molar-refractivity contribution in [2.75, 3.05) is 7.11 Å². The lowest BCUT2D eigenvalue weighted by atomic mass is 10.0. The topological polar surface area (TPSA) is 97.0 Å². The summed E-state index contributed by atoms with van der Waals surface area (Å²) in [6.07, 6.45) is 1.80. The predicted molar refractivity (Wildman–Crippen MR) is 106 cm³/mol. The number of halogens is 1. The van der Waals surface area contributed by atoms with Crippen molar-refractivity contribution in [3.8, 4) is 5.88 Å². The highest BCUT2D eigenvalue weighted by atomic mass is 35.5. The molecular formula is C20H19ClN4O3. The van der Waals surface area contributed by atoms with Crippen LogP contribution in [0.1, 0.15) is 33.5 Å². The number of nitrogens with one attached hydrogen (secondary N) is 2. The number of nitrogens with zero attached hydrogens (tertiary/aromatic N) is 2. The van der Waals surface area contributed by atoms with Gasteiger partial charge >= 0.3 is 0 Å². The van der Waals surface area contributed by atoms with E-state index in [4.69, 9.17) is 16.3 Å². The summed E-state index contributed by atoms with van der Waals surface area (Å²) in [7, 11) is 1.51. The van der Waals surface area contributed by atoms with Gasteiger partial charge in [0.1, 0.15) is 5.82 Å². The smallest absolute Gasteiger partial charge is 0.253 e. The number of aromatic nitrogens is 3. The number of carbonyl (C=O) groups is 1. The first-order chi connectivity index (χ1) is 13.4. The number of H-pyrrole nitrogens is 1. The summed E-state index contributed by atoms with van der Waals surface area (Å²) in [5.41, 5.74) is 1.59. The molecule has 0 aliphatic carbocycles. The Balaban J connectivity index is 1.87. The SMILES string of the molecule is COc1ccc(C(=O)N[C@@H](Cc2cc(=O)[nH]c(C)n2)c2ccc(Cl)cc2)cn1. The molecule has 2 heterocycles. The van der Waals surface area contributed by atoms with Crippen LogP contribution >= 0.6 is 11.6 Å². The molecule has 7 nitrogen and oxygen atoms in total. The average molecular weight is 399 g/mol. The fraction of sp³-hybridized carbons (Fsp3) is 0.200. The van der Waals surface area contributed by atoms with Crippen molar-refractivity contribution in [2.24, 2.45) is 0 Å². The number of amides is 1. The molecule has 144 valence electrons. The summed E-state index contributed by atoms with van der Waals surface area (Å²) >= 11 is 5.98. The van der Waals surface area contributed by atoms with Crippen molar-refractivity contribution in [2.45, 2.75) is 19.4 Å².